The molecule has 4 nitrogen and oxygen atoms in total. The van der Waals surface area contributed by atoms with Gasteiger partial charge in [-0.05, 0) is 90.3 Å². The van der Waals surface area contributed by atoms with Crippen molar-refractivity contribution in [3.63, 3.8) is 0 Å². The lowest BCUT2D eigenvalue weighted by atomic mass is 10.1. The van der Waals surface area contributed by atoms with Gasteiger partial charge in [0.2, 0.25) is 0 Å². The number of likely N-dealkylation sites (tertiary alicyclic amines) is 1. The first-order valence-corrected chi connectivity index (χ1v) is 12.9. The van der Waals surface area contributed by atoms with Gasteiger partial charge in [-0.25, -0.2) is 8.42 Å². The molecule has 1 aliphatic heterocycles. The quantitative estimate of drug-likeness (QED) is 0.473. The molecule has 1 fully saturated rings. The van der Waals surface area contributed by atoms with E-state index in [4.69, 9.17) is 16.3 Å². The molecule has 7 heteroatoms. The fraction of sp³-hybridized carbons (Fsp3) is 0.304. The van der Waals surface area contributed by atoms with Crippen molar-refractivity contribution in [3.05, 3.63) is 70.4 Å². The van der Waals surface area contributed by atoms with Gasteiger partial charge in [0.25, 0.3) is 0 Å². The Bertz CT molecular complexity index is 1040. The molecule has 0 saturated carbocycles. The lowest BCUT2D eigenvalue weighted by Gasteiger charge is -2.31. The second-order valence-electron chi connectivity index (χ2n) is 7.42. The van der Waals surface area contributed by atoms with E-state index in [1.807, 2.05) is 35.7 Å². The van der Waals surface area contributed by atoms with Crippen molar-refractivity contribution in [2.75, 3.05) is 26.2 Å². The third-order valence-corrected chi connectivity index (χ3v) is 8.71. The molecule has 0 radical (unpaired) electrons. The van der Waals surface area contributed by atoms with E-state index in [9.17, 15) is 8.42 Å². The zero-order valence-electron chi connectivity index (χ0n) is 16.5. The lowest BCUT2D eigenvalue weighted by molar-refractivity contribution is 0.184. The number of rotatable bonds is 7. The fourth-order valence-corrected chi connectivity index (χ4v) is 6.25. The number of hydrogen-bond acceptors (Lipinski definition) is 5. The molecular formula is C23H24ClNO3S2. The number of piperidine rings is 1. The summed E-state index contributed by atoms with van der Waals surface area (Å²) in [5.41, 5.74) is 2.17. The van der Waals surface area contributed by atoms with Crippen LogP contribution in [0.4, 0.5) is 0 Å². The Hall–Kier alpha value is -1.86. The third-order valence-electron chi connectivity index (χ3n) is 5.50. The monoisotopic (exact) mass is 461 g/mol. The van der Waals surface area contributed by atoms with Crippen LogP contribution in [-0.4, -0.2) is 44.8 Å². The Morgan fingerprint density at radius 2 is 1.67 bits per heavy atom. The van der Waals surface area contributed by atoms with Crippen molar-refractivity contribution < 1.29 is 13.2 Å². The van der Waals surface area contributed by atoms with Crippen molar-refractivity contribution in [2.24, 2.45) is 0 Å². The molecule has 0 amide bonds. The molecule has 0 spiro atoms. The van der Waals surface area contributed by atoms with Crippen LogP contribution in [0.25, 0.3) is 11.1 Å². The van der Waals surface area contributed by atoms with Gasteiger partial charge in [-0.1, -0.05) is 23.7 Å². The van der Waals surface area contributed by atoms with E-state index in [1.165, 1.54) is 0 Å². The summed E-state index contributed by atoms with van der Waals surface area (Å²) in [6.07, 6.45) is 1.30. The smallest absolute Gasteiger partial charge is 0.181 e. The lowest BCUT2D eigenvalue weighted by Crippen LogP contribution is -2.41. The highest BCUT2D eigenvalue weighted by atomic mass is 35.5. The summed E-state index contributed by atoms with van der Waals surface area (Å²) in [5, 5.41) is 4.45. The maximum absolute atomic E-state index is 13.1. The van der Waals surface area contributed by atoms with Gasteiger partial charge in [0.15, 0.2) is 9.84 Å². The van der Waals surface area contributed by atoms with E-state index in [0.29, 0.717) is 29.4 Å². The van der Waals surface area contributed by atoms with E-state index in [2.05, 4.69) is 10.3 Å². The fourth-order valence-electron chi connectivity index (χ4n) is 3.72. The predicted octanol–water partition coefficient (Wildman–Crippen LogP) is 5.39. The maximum Gasteiger partial charge on any atom is 0.181 e. The van der Waals surface area contributed by atoms with Crippen LogP contribution in [-0.2, 0) is 9.84 Å². The van der Waals surface area contributed by atoms with E-state index in [0.717, 1.165) is 36.5 Å². The molecule has 4 rings (SSSR count). The number of nitrogens with zero attached hydrogens (tertiary/aromatic N) is 1. The summed E-state index contributed by atoms with van der Waals surface area (Å²) in [6.45, 7) is 2.88. The molecule has 1 aliphatic rings. The Morgan fingerprint density at radius 1 is 0.967 bits per heavy atom. The van der Waals surface area contributed by atoms with Crippen molar-refractivity contribution >= 4 is 32.8 Å². The highest BCUT2D eigenvalue weighted by Gasteiger charge is 2.31. The van der Waals surface area contributed by atoms with Gasteiger partial charge >= 0.3 is 0 Å². The Balaban J connectivity index is 1.29. The molecule has 0 unspecified atom stereocenters. The summed E-state index contributed by atoms with van der Waals surface area (Å²) in [7, 11) is -3.31. The molecule has 0 N–H and O–H groups in total. The SMILES string of the molecule is O=S(=O)(c1ccc(-c2ccsc2)cc1)C1CCN(CCOc2ccc(Cl)cc2)CC1. The van der Waals surface area contributed by atoms with Crippen LogP contribution in [0.2, 0.25) is 5.02 Å². The van der Waals surface area contributed by atoms with Gasteiger partial charge in [0, 0.05) is 11.6 Å². The maximum atomic E-state index is 13.1. The van der Waals surface area contributed by atoms with E-state index in [-0.39, 0.29) is 5.25 Å². The zero-order chi connectivity index (χ0) is 21.0. The van der Waals surface area contributed by atoms with Crippen LogP contribution in [0.1, 0.15) is 12.8 Å². The number of sulfone groups is 1. The molecule has 2 heterocycles. The van der Waals surface area contributed by atoms with Crippen molar-refractivity contribution in [1.29, 1.82) is 0 Å². The first-order chi connectivity index (χ1) is 14.5. The first-order valence-electron chi connectivity index (χ1n) is 9.99. The van der Waals surface area contributed by atoms with Gasteiger partial charge in [0.05, 0.1) is 10.1 Å². The Kier molecular flexibility index (Phi) is 6.78. The molecule has 158 valence electrons. The summed E-state index contributed by atoms with van der Waals surface area (Å²) >= 11 is 7.52. The second kappa shape index (κ2) is 9.52. The van der Waals surface area contributed by atoms with Crippen molar-refractivity contribution in [2.45, 2.75) is 23.0 Å². The topological polar surface area (TPSA) is 46.6 Å². The Labute approximate surface area is 187 Å². The second-order valence-corrected chi connectivity index (χ2v) is 10.9. The molecule has 0 aliphatic carbocycles. The van der Waals surface area contributed by atoms with Gasteiger partial charge in [-0.3, -0.25) is 4.90 Å². The Morgan fingerprint density at radius 3 is 2.30 bits per heavy atom. The zero-order valence-corrected chi connectivity index (χ0v) is 18.9. The number of hydrogen-bond donors (Lipinski definition) is 0. The van der Waals surface area contributed by atoms with Gasteiger partial charge in [0.1, 0.15) is 12.4 Å². The standard InChI is InChI=1S/C23H24ClNO3S2/c24-20-3-5-21(6-4-20)28-15-14-25-12-9-23(10-13-25)30(26,27)22-7-1-18(2-8-22)19-11-16-29-17-19/h1-8,11,16-17,23H,9-10,12-15H2. The molecule has 1 saturated heterocycles. The van der Waals surface area contributed by atoms with Crippen LogP contribution < -0.4 is 4.74 Å². The average molecular weight is 462 g/mol. The average Bonchev–Trinajstić information content (AvgIpc) is 3.31. The van der Waals surface area contributed by atoms with Gasteiger partial charge < -0.3 is 4.74 Å². The molecule has 30 heavy (non-hydrogen) atoms. The minimum absolute atomic E-state index is 0.321. The molecular weight excluding hydrogens is 438 g/mol. The van der Waals surface area contributed by atoms with Crippen molar-refractivity contribution in [1.82, 2.24) is 4.90 Å². The van der Waals surface area contributed by atoms with Crippen molar-refractivity contribution in [3.8, 4) is 16.9 Å². The van der Waals surface area contributed by atoms with E-state index in [1.54, 1.807) is 35.6 Å². The van der Waals surface area contributed by atoms with Crippen LogP contribution in [0, 0.1) is 0 Å². The molecule has 0 atom stereocenters. The number of halogens is 1. The van der Waals surface area contributed by atoms with Gasteiger partial charge in [-0.15, -0.1) is 0 Å². The predicted molar refractivity (Wildman–Crippen MR) is 123 cm³/mol. The van der Waals surface area contributed by atoms with Gasteiger partial charge in [-0.2, -0.15) is 11.3 Å². The highest BCUT2D eigenvalue weighted by Crippen LogP contribution is 2.28. The van der Waals surface area contributed by atoms with E-state index < -0.39 is 9.84 Å². The minimum Gasteiger partial charge on any atom is -0.492 e. The summed E-state index contributed by atoms with van der Waals surface area (Å²) in [5.74, 6) is 0.794. The summed E-state index contributed by atoms with van der Waals surface area (Å²) in [4.78, 5) is 2.69. The molecule has 1 aromatic heterocycles. The van der Waals surface area contributed by atoms with Crippen LogP contribution in [0.5, 0.6) is 5.75 Å². The molecule has 2 aromatic carbocycles. The van der Waals surface area contributed by atoms with E-state index >= 15 is 0 Å². The first kappa shape index (κ1) is 21.4. The normalized spacial score (nSPS) is 15.9. The molecule has 0 bridgehead atoms. The number of benzene rings is 2. The summed E-state index contributed by atoms with van der Waals surface area (Å²) in [6, 6.07) is 16.6. The minimum atomic E-state index is -3.31. The third kappa shape index (κ3) is 5.06. The highest BCUT2D eigenvalue weighted by molar-refractivity contribution is 7.92. The van der Waals surface area contributed by atoms with Crippen LogP contribution in [0.3, 0.4) is 0 Å². The number of thiophene rings is 1. The van der Waals surface area contributed by atoms with Crippen LogP contribution in [0.15, 0.2) is 70.3 Å². The van der Waals surface area contributed by atoms with Crippen LogP contribution >= 0.6 is 22.9 Å². The summed E-state index contributed by atoms with van der Waals surface area (Å²) < 4.78 is 31.9. The molecule has 3 aromatic rings. The largest absolute Gasteiger partial charge is 0.492 e. The number of ether oxygens (including phenoxy) is 1.